The maximum absolute atomic E-state index is 13.3. The summed E-state index contributed by atoms with van der Waals surface area (Å²) in [5, 5.41) is 5.59. The molecule has 7 heteroatoms. The molecular weight excluding hydrogens is 466 g/mol. The maximum atomic E-state index is 13.3. The van der Waals surface area contributed by atoms with Crippen LogP contribution in [-0.4, -0.2) is 19.1 Å². The van der Waals surface area contributed by atoms with Gasteiger partial charge >= 0.3 is 6.09 Å². The highest BCUT2D eigenvalue weighted by molar-refractivity contribution is 5.97. The molecule has 7 nitrogen and oxygen atoms in total. The summed E-state index contributed by atoms with van der Waals surface area (Å²) in [6, 6.07) is 30.8. The molecule has 0 spiro atoms. The molecule has 0 heterocycles. The topological polar surface area (TPSA) is 103 Å². The Morgan fingerprint density at radius 2 is 1.54 bits per heavy atom. The molecule has 188 valence electrons. The van der Waals surface area contributed by atoms with Gasteiger partial charge in [0.05, 0.1) is 7.11 Å². The molecular formula is C30H29N3O4. The van der Waals surface area contributed by atoms with Crippen LogP contribution in [0.5, 0.6) is 5.75 Å². The summed E-state index contributed by atoms with van der Waals surface area (Å²) >= 11 is 0. The fraction of sp³-hybridized carbons (Fsp3) is 0.133. The minimum absolute atomic E-state index is 0.0916. The third-order valence-corrected chi connectivity index (χ3v) is 5.81. The van der Waals surface area contributed by atoms with Gasteiger partial charge in [0.1, 0.15) is 18.4 Å². The Kier molecular flexibility index (Phi) is 8.52. The van der Waals surface area contributed by atoms with E-state index in [4.69, 9.17) is 15.2 Å². The van der Waals surface area contributed by atoms with E-state index in [1.54, 1.807) is 19.2 Å². The van der Waals surface area contributed by atoms with Crippen molar-refractivity contribution in [2.45, 2.75) is 19.2 Å². The van der Waals surface area contributed by atoms with Gasteiger partial charge in [-0.05, 0) is 52.1 Å². The van der Waals surface area contributed by atoms with Crippen LogP contribution in [0.1, 0.15) is 22.7 Å². The van der Waals surface area contributed by atoms with Gasteiger partial charge in [-0.3, -0.25) is 4.79 Å². The third kappa shape index (κ3) is 6.96. The molecule has 0 bridgehead atoms. The molecule has 4 rings (SSSR count). The van der Waals surface area contributed by atoms with E-state index in [-0.39, 0.29) is 6.61 Å². The Morgan fingerprint density at radius 1 is 0.811 bits per heavy atom. The van der Waals surface area contributed by atoms with E-state index in [2.05, 4.69) is 10.6 Å². The van der Waals surface area contributed by atoms with E-state index in [0.29, 0.717) is 17.8 Å². The molecule has 0 radical (unpaired) electrons. The fourth-order valence-electron chi connectivity index (χ4n) is 3.84. The molecule has 0 fully saturated rings. The van der Waals surface area contributed by atoms with Gasteiger partial charge < -0.3 is 25.8 Å². The normalized spacial score (nSPS) is 11.3. The van der Waals surface area contributed by atoms with E-state index in [0.717, 1.165) is 28.0 Å². The zero-order valence-electron chi connectivity index (χ0n) is 20.5. The number of hydrogen-bond donors (Lipinski definition) is 3. The van der Waals surface area contributed by atoms with Crippen LogP contribution in [0.25, 0.3) is 11.1 Å². The first-order valence-electron chi connectivity index (χ1n) is 11.9. The third-order valence-electron chi connectivity index (χ3n) is 5.81. The maximum Gasteiger partial charge on any atom is 0.408 e. The summed E-state index contributed by atoms with van der Waals surface area (Å²) in [7, 11) is 1.62. The molecule has 0 saturated heterocycles. The number of carbonyl (C=O) groups is 2. The van der Waals surface area contributed by atoms with Crippen molar-refractivity contribution in [3.63, 3.8) is 0 Å². The number of nitrogens with one attached hydrogen (secondary N) is 2. The first-order valence-corrected chi connectivity index (χ1v) is 11.9. The molecule has 2 amide bonds. The van der Waals surface area contributed by atoms with Gasteiger partial charge in [-0.2, -0.15) is 0 Å². The summed E-state index contributed by atoms with van der Waals surface area (Å²) in [5.41, 5.74) is 10.6. The van der Waals surface area contributed by atoms with Crippen molar-refractivity contribution in [2.75, 3.05) is 12.4 Å². The molecule has 0 aromatic heterocycles. The zero-order chi connectivity index (χ0) is 26.0. The lowest BCUT2D eigenvalue weighted by molar-refractivity contribution is -0.118. The van der Waals surface area contributed by atoms with E-state index < -0.39 is 18.0 Å². The molecule has 4 aromatic carbocycles. The number of amides is 2. The predicted octanol–water partition coefficient (Wildman–Crippen LogP) is 5.43. The highest BCUT2D eigenvalue weighted by Crippen LogP contribution is 2.26. The molecule has 4 aromatic rings. The minimum atomic E-state index is -0.982. The smallest absolute Gasteiger partial charge is 0.408 e. The van der Waals surface area contributed by atoms with Gasteiger partial charge in [-0.1, -0.05) is 78.9 Å². The van der Waals surface area contributed by atoms with Crippen LogP contribution in [0.2, 0.25) is 0 Å². The van der Waals surface area contributed by atoms with Crippen molar-refractivity contribution in [3.05, 3.63) is 120 Å². The van der Waals surface area contributed by atoms with Gasteiger partial charge in [0, 0.05) is 12.2 Å². The van der Waals surface area contributed by atoms with E-state index in [1.165, 1.54) is 0 Å². The number of carbonyl (C=O) groups excluding carboxylic acids is 2. The Bertz CT molecular complexity index is 1340. The second-order valence-corrected chi connectivity index (χ2v) is 8.39. The first-order chi connectivity index (χ1) is 18.1. The lowest BCUT2D eigenvalue weighted by Crippen LogP contribution is -2.37. The van der Waals surface area contributed by atoms with Gasteiger partial charge in [-0.15, -0.1) is 0 Å². The number of ether oxygens (including phenoxy) is 2. The Hall–Kier alpha value is -4.62. The van der Waals surface area contributed by atoms with Crippen molar-refractivity contribution in [1.82, 2.24) is 5.32 Å². The van der Waals surface area contributed by atoms with Crippen molar-refractivity contribution >= 4 is 17.7 Å². The van der Waals surface area contributed by atoms with Crippen molar-refractivity contribution < 1.29 is 19.1 Å². The molecule has 0 aliphatic carbocycles. The fourth-order valence-corrected chi connectivity index (χ4v) is 3.84. The SMILES string of the molecule is COc1cccc(-c2ccc([C@@H](NC(=O)OCc3ccccc3)C(=O)Nc3cccc(CN)c3)cc2)c1. The average Bonchev–Trinajstić information content (AvgIpc) is 2.95. The van der Waals surface area contributed by atoms with E-state index >= 15 is 0 Å². The van der Waals surface area contributed by atoms with Crippen LogP contribution in [-0.2, 0) is 22.7 Å². The quantitative estimate of drug-likeness (QED) is 0.287. The summed E-state index contributed by atoms with van der Waals surface area (Å²) in [6.07, 6.45) is -0.698. The van der Waals surface area contributed by atoms with Gasteiger partial charge in [-0.25, -0.2) is 4.79 Å². The van der Waals surface area contributed by atoms with Crippen LogP contribution >= 0.6 is 0 Å². The van der Waals surface area contributed by atoms with Crippen molar-refractivity contribution in [2.24, 2.45) is 5.73 Å². The number of nitrogens with two attached hydrogens (primary N) is 1. The molecule has 0 unspecified atom stereocenters. The summed E-state index contributed by atoms with van der Waals surface area (Å²) in [5.74, 6) is 0.348. The van der Waals surface area contributed by atoms with Gasteiger partial charge in [0.15, 0.2) is 0 Å². The van der Waals surface area contributed by atoms with E-state index in [9.17, 15) is 9.59 Å². The van der Waals surface area contributed by atoms with Crippen molar-refractivity contribution in [3.8, 4) is 16.9 Å². The second kappa shape index (κ2) is 12.4. The first kappa shape index (κ1) is 25.5. The Morgan fingerprint density at radius 3 is 2.27 bits per heavy atom. The Balaban J connectivity index is 1.54. The average molecular weight is 496 g/mol. The van der Waals surface area contributed by atoms with Crippen LogP contribution in [0.3, 0.4) is 0 Å². The number of methoxy groups -OCH3 is 1. The monoisotopic (exact) mass is 495 g/mol. The Labute approximate surface area is 216 Å². The largest absolute Gasteiger partial charge is 0.497 e. The number of benzene rings is 4. The number of alkyl carbamates (subject to hydrolysis) is 1. The van der Waals surface area contributed by atoms with Gasteiger partial charge in [0.25, 0.3) is 5.91 Å². The number of hydrogen-bond acceptors (Lipinski definition) is 5. The lowest BCUT2D eigenvalue weighted by Gasteiger charge is -2.19. The van der Waals surface area contributed by atoms with Crippen LogP contribution in [0.15, 0.2) is 103 Å². The molecule has 4 N–H and O–H groups in total. The highest BCUT2D eigenvalue weighted by Gasteiger charge is 2.24. The van der Waals surface area contributed by atoms with Crippen LogP contribution in [0, 0.1) is 0 Å². The van der Waals surface area contributed by atoms with Crippen LogP contribution in [0.4, 0.5) is 10.5 Å². The second-order valence-electron chi connectivity index (χ2n) is 8.39. The summed E-state index contributed by atoms with van der Waals surface area (Å²) in [6.45, 7) is 0.442. The van der Waals surface area contributed by atoms with E-state index in [1.807, 2.05) is 91.0 Å². The summed E-state index contributed by atoms with van der Waals surface area (Å²) < 4.78 is 10.7. The number of anilines is 1. The summed E-state index contributed by atoms with van der Waals surface area (Å²) in [4.78, 5) is 26.0. The molecule has 1 atom stereocenters. The molecule has 0 saturated carbocycles. The van der Waals surface area contributed by atoms with Crippen molar-refractivity contribution in [1.29, 1.82) is 0 Å². The zero-order valence-corrected chi connectivity index (χ0v) is 20.5. The standard InChI is InChI=1S/C30H29N3O4/c1-36-27-12-6-10-25(18-27)23-13-15-24(16-14-23)28(29(34)32-26-11-5-9-22(17-26)19-31)33-30(35)37-20-21-7-3-2-4-8-21/h2-18,28H,19-20,31H2,1H3,(H,32,34)(H,33,35)/t28-/m1/s1. The molecule has 0 aliphatic rings. The molecule has 37 heavy (non-hydrogen) atoms. The predicted molar refractivity (Wildman–Crippen MR) is 144 cm³/mol. The lowest BCUT2D eigenvalue weighted by atomic mass is 10.00. The van der Waals surface area contributed by atoms with Crippen LogP contribution < -0.4 is 21.1 Å². The minimum Gasteiger partial charge on any atom is -0.497 e. The number of rotatable bonds is 9. The highest BCUT2D eigenvalue weighted by atomic mass is 16.5. The molecule has 0 aliphatic heterocycles. The van der Waals surface area contributed by atoms with Gasteiger partial charge in [0.2, 0.25) is 0 Å².